The van der Waals surface area contributed by atoms with Crippen LogP contribution in [0.1, 0.15) is 0 Å². The molecule has 0 saturated carbocycles. The highest BCUT2D eigenvalue weighted by molar-refractivity contribution is 6.13. The van der Waals surface area contributed by atoms with Crippen molar-refractivity contribution in [3.05, 3.63) is 42.5 Å². The van der Waals surface area contributed by atoms with Gasteiger partial charge in [0, 0.05) is 18.1 Å². The Bertz CT molecular complexity index is 781. The highest BCUT2D eigenvalue weighted by Crippen LogP contribution is 2.35. The van der Waals surface area contributed by atoms with Gasteiger partial charge in [-0.05, 0) is 52.6 Å². The van der Waals surface area contributed by atoms with Crippen LogP contribution < -0.4 is 14.8 Å². The molecule has 0 atom stereocenters. The van der Waals surface area contributed by atoms with Crippen LogP contribution in [0.15, 0.2) is 42.5 Å². The normalized spacial score (nSPS) is 10.8. The second-order valence-corrected chi connectivity index (χ2v) is 4.67. The number of hydrogen-bond acceptors (Lipinski definition) is 3. The lowest BCUT2D eigenvalue weighted by atomic mass is 9.99. The fourth-order valence-electron chi connectivity index (χ4n) is 2.57. The van der Waals surface area contributed by atoms with E-state index in [1.54, 1.807) is 14.2 Å². The summed E-state index contributed by atoms with van der Waals surface area (Å²) in [5.74, 6) is 1.72. The van der Waals surface area contributed by atoms with Gasteiger partial charge in [-0.3, -0.25) is 0 Å². The van der Waals surface area contributed by atoms with Crippen LogP contribution in [-0.4, -0.2) is 21.3 Å². The highest BCUT2D eigenvalue weighted by Gasteiger charge is 2.08. The number of hydrogen-bond donors (Lipinski definition) is 1. The van der Waals surface area contributed by atoms with E-state index in [9.17, 15) is 0 Å². The van der Waals surface area contributed by atoms with Gasteiger partial charge in [0.1, 0.15) is 11.5 Å². The van der Waals surface area contributed by atoms with E-state index in [1.165, 1.54) is 10.8 Å². The molecule has 0 aliphatic rings. The van der Waals surface area contributed by atoms with Gasteiger partial charge in [-0.15, -0.1) is 0 Å². The first kappa shape index (κ1) is 12.6. The van der Waals surface area contributed by atoms with Gasteiger partial charge in [0.15, 0.2) is 0 Å². The van der Waals surface area contributed by atoms with Gasteiger partial charge in [0.2, 0.25) is 0 Å². The Kier molecular flexibility index (Phi) is 3.11. The summed E-state index contributed by atoms with van der Waals surface area (Å²) < 4.78 is 10.7. The van der Waals surface area contributed by atoms with Crippen molar-refractivity contribution in [2.75, 3.05) is 26.6 Å². The molecule has 3 nitrogen and oxygen atoms in total. The molecular weight excluding hydrogens is 250 g/mol. The molecule has 0 heterocycles. The molecule has 0 unspecified atom stereocenters. The Hall–Kier alpha value is -2.42. The monoisotopic (exact) mass is 267 g/mol. The zero-order valence-corrected chi connectivity index (χ0v) is 11.9. The fourth-order valence-corrected chi connectivity index (χ4v) is 2.57. The first-order valence-electron chi connectivity index (χ1n) is 6.53. The maximum absolute atomic E-state index is 5.35. The number of ether oxygens (including phenoxy) is 2. The number of nitrogens with one attached hydrogen (secondary N) is 1. The standard InChI is InChI=1S/C17H17NO2/c1-18-17-8-11-4-5-12(19-2)9-15(11)16-10-13(20-3)6-7-14(16)17/h4-10,18H,1-3H3. The largest absolute Gasteiger partial charge is 0.497 e. The van der Waals surface area contributed by atoms with Crippen molar-refractivity contribution in [2.24, 2.45) is 0 Å². The summed E-state index contributed by atoms with van der Waals surface area (Å²) in [7, 11) is 5.31. The predicted octanol–water partition coefficient (Wildman–Crippen LogP) is 4.05. The van der Waals surface area contributed by atoms with Gasteiger partial charge in [-0.2, -0.15) is 0 Å². The van der Waals surface area contributed by atoms with Crippen molar-refractivity contribution in [1.29, 1.82) is 0 Å². The second kappa shape index (κ2) is 4.93. The number of benzene rings is 3. The fraction of sp³-hybridized carbons (Fsp3) is 0.176. The average Bonchev–Trinajstić information content (AvgIpc) is 2.52. The van der Waals surface area contributed by atoms with E-state index in [1.807, 2.05) is 19.2 Å². The Balaban J connectivity index is 2.45. The van der Waals surface area contributed by atoms with Crippen molar-refractivity contribution in [1.82, 2.24) is 0 Å². The van der Waals surface area contributed by atoms with Crippen LogP contribution in [0.25, 0.3) is 21.5 Å². The third kappa shape index (κ3) is 1.92. The zero-order valence-electron chi connectivity index (χ0n) is 11.9. The van der Waals surface area contributed by atoms with Gasteiger partial charge in [0.25, 0.3) is 0 Å². The van der Waals surface area contributed by atoms with E-state index in [0.29, 0.717) is 0 Å². The van der Waals surface area contributed by atoms with Crippen molar-refractivity contribution >= 4 is 27.2 Å². The molecule has 0 saturated heterocycles. The molecule has 3 heteroatoms. The Morgan fingerprint density at radius 3 is 2.05 bits per heavy atom. The minimum Gasteiger partial charge on any atom is -0.497 e. The number of methoxy groups -OCH3 is 2. The van der Waals surface area contributed by atoms with Crippen LogP contribution in [0, 0.1) is 0 Å². The summed E-state index contributed by atoms with van der Waals surface area (Å²) in [6.07, 6.45) is 0. The molecule has 1 N–H and O–H groups in total. The molecule has 0 radical (unpaired) electrons. The first-order valence-corrected chi connectivity index (χ1v) is 6.53. The van der Waals surface area contributed by atoms with Crippen molar-refractivity contribution < 1.29 is 9.47 Å². The summed E-state index contributed by atoms with van der Waals surface area (Å²) in [5.41, 5.74) is 1.11. The molecule has 0 aromatic heterocycles. The summed E-state index contributed by atoms with van der Waals surface area (Å²) in [6.45, 7) is 0. The molecule has 3 aromatic carbocycles. The van der Waals surface area contributed by atoms with Gasteiger partial charge in [-0.1, -0.05) is 6.07 Å². The van der Waals surface area contributed by atoms with Crippen LogP contribution in [0.4, 0.5) is 5.69 Å². The molecule has 20 heavy (non-hydrogen) atoms. The topological polar surface area (TPSA) is 30.5 Å². The van der Waals surface area contributed by atoms with Gasteiger partial charge < -0.3 is 14.8 Å². The molecule has 0 amide bonds. The van der Waals surface area contributed by atoms with E-state index in [0.717, 1.165) is 28.0 Å². The number of anilines is 1. The molecule has 0 aliphatic heterocycles. The lowest BCUT2D eigenvalue weighted by Gasteiger charge is -2.12. The van der Waals surface area contributed by atoms with Gasteiger partial charge in [0.05, 0.1) is 14.2 Å². The van der Waals surface area contributed by atoms with Crippen LogP contribution in [0.3, 0.4) is 0 Å². The zero-order chi connectivity index (χ0) is 14.1. The summed E-state index contributed by atoms with van der Waals surface area (Å²) in [6, 6.07) is 14.4. The number of fused-ring (bicyclic) bond motifs is 3. The maximum Gasteiger partial charge on any atom is 0.119 e. The number of rotatable bonds is 3. The molecule has 3 aromatic rings. The Morgan fingerprint density at radius 1 is 0.750 bits per heavy atom. The molecule has 0 spiro atoms. The third-order valence-electron chi connectivity index (χ3n) is 3.64. The summed E-state index contributed by atoms with van der Waals surface area (Å²) in [5, 5.41) is 7.93. The van der Waals surface area contributed by atoms with E-state index in [-0.39, 0.29) is 0 Å². The molecule has 3 rings (SSSR count). The van der Waals surface area contributed by atoms with Crippen LogP contribution >= 0.6 is 0 Å². The molecular formula is C17H17NO2. The molecule has 0 bridgehead atoms. The Labute approximate surface area is 118 Å². The van der Waals surface area contributed by atoms with Crippen LogP contribution in [0.2, 0.25) is 0 Å². The lowest BCUT2D eigenvalue weighted by Crippen LogP contribution is -1.92. The van der Waals surface area contributed by atoms with Crippen LogP contribution in [-0.2, 0) is 0 Å². The SMILES string of the molecule is CNc1cc2ccc(OC)cc2c2cc(OC)ccc12. The maximum atomic E-state index is 5.35. The van der Waals surface area contributed by atoms with E-state index in [2.05, 4.69) is 35.6 Å². The van der Waals surface area contributed by atoms with Gasteiger partial charge >= 0.3 is 0 Å². The molecule has 0 aliphatic carbocycles. The average molecular weight is 267 g/mol. The first-order chi connectivity index (χ1) is 9.76. The smallest absolute Gasteiger partial charge is 0.119 e. The van der Waals surface area contributed by atoms with Crippen LogP contribution in [0.5, 0.6) is 11.5 Å². The lowest BCUT2D eigenvalue weighted by molar-refractivity contribution is 0.415. The van der Waals surface area contributed by atoms with Gasteiger partial charge in [-0.25, -0.2) is 0 Å². The molecule has 0 fully saturated rings. The van der Waals surface area contributed by atoms with Crippen molar-refractivity contribution in [3.8, 4) is 11.5 Å². The molecule has 102 valence electrons. The van der Waals surface area contributed by atoms with E-state index >= 15 is 0 Å². The predicted molar refractivity (Wildman–Crippen MR) is 84.1 cm³/mol. The van der Waals surface area contributed by atoms with E-state index < -0.39 is 0 Å². The highest BCUT2D eigenvalue weighted by atomic mass is 16.5. The van der Waals surface area contributed by atoms with Crippen molar-refractivity contribution in [2.45, 2.75) is 0 Å². The Morgan fingerprint density at radius 2 is 1.40 bits per heavy atom. The minimum atomic E-state index is 0.856. The second-order valence-electron chi connectivity index (χ2n) is 4.67. The summed E-state index contributed by atoms with van der Waals surface area (Å²) >= 11 is 0. The minimum absolute atomic E-state index is 0.856. The quantitative estimate of drug-likeness (QED) is 0.726. The third-order valence-corrected chi connectivity index (χ3v) is 3.64. The summed E-state index contributed by atoms with van der Waals surface area (Å²) in [4.78, 5) is 0. The van der Waals surface area contributed by atoms with E-state index in [4.69, 9.17) is 9.47 Å². The van der Waals surface area contributed by atoms with Crippen molar-refractivity contribution in [3.63, 3.8) is 0 Å².